The Labute approximate surface area is 188 Å². The Morgan fingerprint density at radius 3 is 2.58 bits per heavy atom. The fraction of sp³-hybridized carbons (Fsp3) is 0.190. The van der Waals surface area contributed by atoms with Gasteiger partial charge in [0.05, 0.1) is 10.6 Å². The van der Waals surface area contributed by atoms with Crippen molar-refractivity contribution in [1.82, 2.24) is 15.5 Å². The Morgan fingerprint density at radius 1 is 1.00 bits per heavy atom. The van der Waals surface area contributed by atoms with Crippen LogP contribution in [0.4, 0.5) is 10.8 Å². The van der Waals surface area contributed by atoms with Crippen LogP contribution < -0.4 is 16.0 Å². The number of rotatable bonds is 8. The number of benzene rings is 2. The van der Waals surface area contributed by atoms with Crippen LogP contribution in [0, 0.1) is 0 Å². The second-order valence-corrected chi connectivity index (χ2v) is 7.89. The van der Waals surface area contributed by atoms with Crippen LogP contribution in [-0.2, 0) is 11.2 Å². The van der Waals surface area contributed by atoms with Crippen molar-refractivity contribution in [3.8, 4) is 0 Å². The van der Waals surface area contributed by atoms with E-state index < -0.39 is 0 Å². The van der Waals surface area contributed by atoms with E-state index in [-0.39, 0.29) is 17.7 Å². The highest BCUT2D eigenvalue weighted by Crippen LogP contribution is 2.18. The average Bonchev–Trinajstić information content (AvgIpc) is 3.21. The maximum absolute atomic E-state index is 12.5. The van der Waals surface area contributed by atoms with Gasteiger partial charge in [-0.15, -0.1) is 10.2 Å². The minimum Gasteiger partial charge on any atom is -0.352 e. The summed E-state index contributed by atoms with van der Waals surface area (Å²) in [6, 6.07) is 13.4. The largest absolute Gasteiger partial charge is 0.352 e. The summed E-state index contributed by atoms with van der Waals surface area (Å²) in [6.45, 7) is 2.10. The summed E-state index contributed by atoms with van der Waals surface area (Å²) in [5.41, 5.74) is 1.34. The summed E-state index contributed by atoms with van der Waals surface area (Å²) in [5.74, 6) is -0.756. The molecule has 1 aromatic heterocycles. The molecule has 3 amide bonds. The highest BCUT2D eigenvalue weighted by Gasteiger charge is 2.13. The normalized spacial score (nSPS) is 10.4. The third-order valence-electron chi connectivity index (χ3n) is 4.16. The summed E-state index contributed by atoms with van der Waals surface area (Å²) >= 11 is 7.24. The van der Waals surface area contributed by atoms with Crippen LogP contribution >= 0.6 is 22.9 Å². The molecule has 0 aliphatic rings. The standard InChI is InChI=1S/C21H20ClN5O3S/c1-2-17(28)24-14-7-5-6-13(12-14)19(29)25-21-27-26-18(31-21)10-11-23-20(30)15-8-3-4-9-16(15)22/h3-9,12H,2,10-11H2,1H3,(H,23,30)(H,24,28)(H,25,27,29). The van der Waals surface area contributed by atoms with E-state index >= 15 is 0 Å². The predicted octanol–water partition coefficient (Wildman–Crippen LogP) is 3.76. The highest BCUT2D eigenvalue weighted by atomic mass is 35.5. The SMILES string of the molecule is CCC(=O)Nc1cccc(C(=O)Nc2nnc(CCNC(=O)c3ccccc3Cl)s2)c1. The maximum atomic E-state index is 12.5. The average molecular weight is 458 g/mol. The molecule has 0 radical (unpaired) electrons. The van der Waals surface area contributed by atoms with Crippen LogP contribution in [0.15, 0.2) is 48.5 Å². The lowest BCUT2D eigenvalue weighted by Gasteiger charge is -2.06. The number of hydrogen-bond acceptors (Lipinski definition) is 6. The van der Waals surface area contributed by atoms with Gasteiger partial charge in [0.15, 0.2) is 0 Å². The van der Waals surface area contributed by atoms with Crippen molar-refractivity contribution in [2.24, 2.45) is 0 Å². The molecule has 0 bridgehead atoms. The molecule has 0 unspecified atom stereocenters. The number of carbonyl (C=O) groups is 3. The van der Waals surface area contributed by atoms with Crippen molar-refractivity contribution in [2.45, 2.75) is 19.8 Å². The lowest BCUT2D eigenvalue weighted by molar-refractivity contribution is -0.115. The van der Waals surface area contributed by atoms with E-state index in [9.17, 15) is 14.4 Å². The van der Waals surface area contributed by atoms with Crippen molar-refractivity contribution >= 4 is 51.5 Å². The number of amides is 3. The molecule has 0 aliphatic carbocycles. The molecule has 0 atom stereocenters. The van der Waals surface area contributed by atoms with E-state index in [2.05, 4.69) is 26.1 Å². The van der Waals surface area contributed by atoms with E-state index in [4.69, 9.17) is 11.6 Å². The lowest BCUT2D eigenvalue weighted by atomic mass is 10.2. The molecule has 3 aromatic rings. The molecule has 1 heterocycles. The van der Waals surface area contributed by atoms with Gasteiger partial charge in [0.1, 0.15) is 5.01 Å². The van der Waals surface area contributed by atoms with Gasteiger partial charge in [0.2, 0.25) is 11.0 Å². The first-order chi connectivity index (χ1) is 15.0. The molecule has 0 fully saturated rings. The Balaban J connectivity index is 1.52. The molecule has 160 valence electrons. The first-order valence-corrected chi connectivity index (χ1v) is 10.7. The summed E-state index contributed by atoms with van der Waals surface area (Å²) in [6.07, 6.45) is 0.811. The van der Waals surface area contributed by atoms with E-state index in [0.717, 1.165) is 0 Å². The Hall–Kier alpha value is -3.30. The van der Waals surface area contributed by atoms with E-state index in [0.29, 0.717) is 51.4 Å². The number of aromatic nitrogens is 2. The van der Waals surface area contributed by atoms with Crippen molar-refractivity contribution in [3.05, 3.63) is 69.7 Å². The first-order valence-electron chi connectivity index (χ1n) is 9.52. The fourth-order valence-corrected chi connectivity index (χ4v) is 3.54. The molecule has 10 heteroatoms. The number of anilines is 2. The van der Waals surface area contributed by atoms with Gasteiger partial charge in [-0.25, -0.2) is 0 Å². The van der Waals surface area contributed by atoms with Gasteiger partial charge in [0.25, 0.3) is 11.8 Å². The van der Waals surface area contributed by atoms with Gasteiger partial charge in [-0.3, -0.25) is 19.7 Å². The number of nitrogens with zero attached hydrogens (tertiary/aromatic N) is 2. The van der Waals surface area contributed by atoms with Crippen LogP contribution in [0.1, 0.15) is 39.1 Å². The maximum Gasteiger partial charge on any atom is 0.257 e. The number of hydrogen-bond donors (Lipinski definition) is 3. The second kappa shape index (κ2) is 10.6. The molecule has 0 saturated heterocycles. The molecule has 8 nitrogen and oxygen atoms in total. The van der Waals surface area contributed by atoms with Crippen molar-refractivity contribution in [1.29, 1.82) is 0 Å². The van der Waals surface area contributed by atoms with E-state index in [1.54, 1.807) is 55.5 Å². The zero-order chi connectivity index (χ0) is 22.2. The molecule has 0 saturated carbocycles. The molecule has 31 heavy (non-hydrogen) atoms. The van der Waals surface area contributed by atoms with Gasteiger partial charge in [0, 0.05) is 30.6 Å². The predicted molar refractivity (Wildman–Crippen MR) is 121 cm³/mol. The van der Waals surface area contributed by atoms with Crippen molar-refractivity contribution in [2.75, 3.05) is 17.2 Å². The second-order valence-electron chi connectivity index (χ2n) is 6.42. The highest BCUT2D eigenvalue weighted by molar-refractivity contribution is 7.15. The van der Waals surface area contributed by atoms with Crippen molar-refractivity contribution < 1.29 is 14.4 Å². The van der Waals surface area contributed by atoms with Crippen LogP contribution in [-0.4, -0.2) is 34.5 Å². The molecule has 3 rings (SSSR count). The van der Waals surface area contributed by atoms with Gasteiger partial charge in [-0.1, -0.05) is 48.1 Å². The number of carbonyl (C=O) groups excluding carboxylic acids is 3. The molecule has 3 N–H and O–H groups in total. The minimum atomic E-state index is -0.359. The Morgan fingerprint density at radius 2 is 1.81 bits per heavy atom. The topological polar surface area (TPSA) is 113 Å². The van der Waals surface area contributed by atoms with Gasteiger partial charge in [-0.05, 0) is 30.3 Å². The molecule has 0 spiro atoms. The van der Waals surface area contributed by atoms with Gasteiger partial charge < -0.3 is 10.6 Å². The quantitative estimate of drug-likeness (QED) is 0.476. The summed E-state index contributed by atoms with van der Waals surface area (Å²) in [7, 11) is 0. The van der Waals surface area contributed by atoms with E-state index in [1.807, 2.05) is 0 Å². The minimum absolute atomic E-state index is 0.132. The smallest absolute Gasteiger partial charge is 0.257 e. The van der Waals surface area contributed by atoms with Crippen LogP contribution in [0.25, 0.3) is 0 Å². The first kappa shape index (κ1) is 22.4. The van der Waals surface area contributed by atoms with Crippen LogP contribution in [0.2, 0.25) is 5.02 Å². The number of nitrogens with one attached hydrogen (secondary N) is 3. The third kappa shape index (κ3) is 6.34. The lowest BCUT2D eigenvalue weighted by Crippen LogP contribution is -2.25. The zero-order valence-electron chi connectivity index (χ0n) is 16.6. The van der Waals surface area contributed by atoms with Gasteiger partial charge >= 0.3 is 0 Å². The summed E-state index contributed by atoms with van der Waals surface area (Å²) in [5, 5.41) is 17.6. The Kier molecular flexibility index (Phi) is 7.69. The molecule has 2 aromatic carbocycles. The number of halogens is 1. The third-order valence-corrected chi connectivity index (χ3v) is 5.39. The zero-order valence-corrected chi connectivity index (χ0v) is 18.2. The summed E-state index contributed by atoms with van der Waals surface area (Å²) < 4.78 is 0. The molecule has 0 aliphatic heterocycles. The van der Waals surface area contributed by atoms with E-state index in [1.165, 1.54) is 11.3 Å². The van der Waals surface area contributed by atoms with Crippen LogP contribution in [0.5, 0.6) is 0 Å². The van der Waals surface area contributed by atoms with Crippen molar-refractivity contribution in [3.63, 3.8) is 0 Å². The van der Waals surface area contributed by atoms with Gasteiger partial charge in [-0.2, -0.15) is 0 Å². The molecular formula is C21H20ClN5O3S. The van der Waals surface area contributed by atoms with Crippen LogP contribution in [0.3, 0.4) is 0 Å². The molecular weight excluding hydrogens is 438 g/mol. The summed E-state index contributed by atoms with van der Waals surface area (Å²) in [4.78, 5) is 36.2. The monoisotopic (exact) mass is 457 g/mol. The fourth-order valence-electron chi connectivity index (χ4n) is 2.59. The Bertz CT molecular complexity index is 1100.